The average molecular weight is 895 g/mol. The highest BCUT2D eigenvalue weighted by Gasteiger charge is 2.28. The van der Waals surface area contributed by atoms with Crippen LogP contribution in [0.4, 0.5) is 0 Å². The number of phosphoric ester groups is 1. The highest BCUT2D eigenvalue weighted by Crippen LogP contribution is 2.43. The maximum Gasteiger partial charge on any atom is 0.472 e. The van der Waals surface area contributed by atoms with Crippen LogP contribution in [0.5, 0.6) is 0 Å². The Morgan fingerprint density at radius 2 is 0.871 bits per heavy atom. The second kappa shape index (κ2) is 44.8. The van der Waals surface area contributed by atoms with Gasteiger partial charge >= 0.3 is 25.7 Å². The van der Waals surface area contributed by atoms with E-state index < -0.39 is 57.8 Å². The van der Waals surface area contributed by atoms with Crippen molar-refractivity contribution in [3.8, 4) is 0 Å². The van der Waals surface area contributed by atoms with E-state index in [-0.39, 0.29) is 25.9 Å². The third-order valence-electron chi connectivity index (χ3n) is 9.91. The van der Waals surface area contributed by atoms with E-state index in [1.165, 1.54) is 38.5 Å². The number of carbonyl (C=O) groups excluding carboxylic acids is 3. The fraction of sp³-hybridized carbons (Fsp3) is 0.740. The molecule has 0 saturated carbocycles. The fourth-order valence-electron chi connectivity index (χ4n) is 6.23. The predicted octanol–water partition coefficient (Wildman–Crippen LogP) is 13.2. The Bertz CT molecular complexity index is 1280. The van der Waals surface area contributed by atoms with Gasteiger partial charge in [-0.2, -0.15) is 0 Å². The molecule has 0 aliphatic carbocycles. The van der Waals surface area contributed by atoms with Crippen LogP contribution < -0.4 is 0 Å². The van der Waals surface area contributed by atoms with E-state index in [0.29, 0.717) is 19.3 Å². The maximum absolute atomic E-state index is 12.8. The Labute approximate surface area is 376 Å². The second-order valence-corrected chi connectivity index (χ2v) is 17.3. The highest BCUT2D eigenvalue weighted by atomic mass is 31.2. The zero-order valence-corrected chi connectivity index (χ0v) is 40.0. The van der Waals surface area contributed by atoms with Gasteiger partial charge in [0.2, 0.25) is 0 Å². The highest BCUT2D eigenvalue weighted by molar-refractivity contribution is 7.47. The topological polar surface area (TPSA) is 155 Å². The molecule has 2 N–H and O–H groups in total. The maximum atomic E-state index is 12.8. The summed E-state index contributed by atoms with van der Waals surface area (Å²) in [4.78, 5) is 48.1. The summed E-state index contributed by atoms with van der Waals surface area (Å²) in [5, 5.41) is 9.72. The Morgan fingerprint density at radius 3 is 1.37 bits per heavy atom. The fourth-order valence-corrected chi connectivity index (χ4v) is 7.01. The first-order chi connectivity index (χ1) is 30.2. The number of rotatable bonds is 44. The molecular formula is C50H87O11P. The third-order valence-corrected chi connectivity index (χ3v) is 10.9. The first-order valence-corrected chi connectivity index (χ1v) is 25.7. The molecule has 0 aromatic carbocycles. The molecule has 12 heteroatoms. The summed E-state index contributed by atoms with van der Waals surface area (Å²) in [6.45, 7) is 4.36. The van der Waals surface area contributed by atoms with Crippen LogP contribution in [0, 0.1) is 0 Å². The van der Waals surface area contributed by atoms with Gasteiger partial charge < -0.3 is 24.2 Å². The minimum Gasteiger partial charge on any atom is -0.462 e. The molecule has 0 radical (unpaired) electrons. The van der Waals surface area contributed by atoms with Crippen molar-refractivity contribution in [3.63, 3.8) is 0 Å². The number of phosphoric acid groups is 1. The first kappa shape index (κ1) is 59.2. The van der Waals surface area contributed by atoms with Crippen molar-refractivity contribution >= 4 is 25.7 Å². The molecule has 0 aliphatic rings. The minimum atomic E-state index is -4.74. The van der Waals surface area contributed by atoms with Crippen LogP contribution in [0.25, 0.3) is 0 Å². The number of aliphatic hydroxyl groups is 1. The molecule has 0 saturated heterocycles. The SMILES string of the molecule is CC/C=C\C/C=C\C/C=C\CCCCCC(=O)OC(COC(=O)CCCCCCC/C=C\C/C=C\CCC)COP(=O)(O)OCC(CO)OC(=O)CCCCCCCCCCC. The molecular weight excluding hydrogens is 808 g/mol. The van der Waals surface area contributed by atoms with Crippen LogP contribution in [-0.2, 0) is 42.2 Å². The van der Waals surface area contributed by atoms with Gasteiger partial charge in [-0.25, -0.2) is 4.57 Å². The average Bonchev–Trinajstić information content (AvgIpc) is 3.25. The number of esters is 3. The van der Waals surface area contributed by atoms with Crippen LogP contribution >= 0.6 is 7.82 Å². The van der Waals surface area contributed by atoms with Gasteiger partial charge in [0, 0.05) is 19.3 Å². The molecule has 0 aliphatic heterocycles. The Morgan fingerprint density at radius 1 is 0.468 bits per heavy atom. The van der Waals surface area contributed by atoms with Crippen molar-refractivity contribution in [1.82, 2.24) is 0 Å². The van der Waals surface area contributed by atoms with Crippen LogP contribution in [0.2, 0.25) is 0 Å². The number of hydrogen-bond acceptors (Lipinski definition) is 10. The van der Waals surface area contributed by atoms with Gasteiger partial charge in [-0.3, -0.25) is 23.4 Å². The summed E-state index contributed by atoms with van der Waals surface area (Å²) in [6.07, 6.45) is 44.9. The van der Waals surface area contributed by atoms with Crippen molar-refractivity contribution in [1.29, 1.82) is 0 Å². The van der Waals surface area contributed by atoms with Gasteiger partial charge in [0.05, 0.1) is 19.8 Å². The molecule has 0 spiro atoms. The molecule has 0 amide bonds. The predicted molar refractivity (Wildman–Crippen MR) is 252 cm³/mol. The van der Waals surface area contributed by atoms with Crippen LogP contribution in [0.15, 0.2) is 60.8 Å². The van der Waals surface area contributed by atoms with Crippen LogP contribution in [0.3, 0.4) is 0 Å². The van der Waals surface area contributed by atoms with Gasteiger partial charge in [-0.05, 0) is 77.0 Å². The summed E-state index contributed by atoms with van der Waals surface area (Å²) in [5.74, 6) is -1.52. The zero-order valence-electron chi connectivity index (χ0n) is 39.1. The number of carbonyl (C=O) groups is 3. The third kappa shape index (κ3) is 42.5. The lowest BCUT2D eigenvalue weighted by atomic mass is 10.1. The van der Waals surface area contributed by atoms with Crippen molar-refractivity contribution in [2.75, 3.05) is 26.4 Å². The number of hydrogen-bond donors (Lipinski definition) is 2. The van der Waals surface area contributed by atoms with Gasteiger partial charge in [0.1, 0.15) is 12.7 Å². The molecule has 0 rings (SSSR count). The van der Waals surface area contributed by atoms with E-state index >= 15 is 0 Å². The lowest BCUT2D eigenvalue weighted by Crippen LogP contribution is -2.30. The zero-order chi connectivity index (χ0) is 45.6. The van der Waals surface area contributed by atoms with Crippen molar-refractivity contribution in [2.45, 2.75) is 213 Å². The lowest BCUT2D eigenvalue weighted by molar-refractivity contribution is -0.161. The van der Waals surface area contributed by atoms with Crippen LogP contribution in [0.1, 0.15) is 201 Å². The molecule has 0 aromatic heterocycles. The molecule has 0 bridgehead atoms. The monoisotopic (exact) mass is 895 g/mol. The largest absolute Gasteiger partial charge is 0.472 e. The molecule has 0 aromatic rings. The smallest absolute Gasteiger partial charge is 0.462 e. The van der Waals surface area contributed by atoms with Crippen LogP contribution in [-0.4, -0.2) is 66.5 Å². The van der Waals surface area contributed by atoms with E-state index in [2.05, 4.69) is 81.5 Å². The van der Waals surface area contributed by atoms with E-state index in [1.807, 2.05) is 0 Å². The molecule has 358 valence electrons. The molecule has 0 heterocycles. The minimum absolute atomic E-state index is 0.129. The summed E-state index contributed by atoms with van der Waals surface area (Å²) < 4.78 is 39.1. The van der Waals surface area contributed by atoms with E-state index in [4.69, 9.17) is 23.3 Å². The number of aliphatic hydroxyl groups excluding tert-OH is 1. The normalized spacial score (nSPS) is 14.1. The number of ether oxygens (including phenoxy) is 3. The summed E-state index contributed by atoms with van der Waals surface area (Å²) >= 11 is 0. The number of unbranched alkanes of at least 4 members (excludes halogenated alkanes) is 17. The van der Waals surface area contributed by atoms with E-state index in [9.17, 15) is 28.9 Å². The van der Waals surface area contributed by atoms with E-state index in [0.717, 1.165) is 103 Å². The standard InChI is InChI=1S/C50H87O11P/c1-4-7-10-13-16-19-21-23-25-28-30-33-36-39-48(52)57-43-47(61-50(54)41-38-35-32-29-26-24-22-20-17-14-11-8-5-2)45-59-62(55,56)58-44-46(42-51)60-49(53)40-37-34-31-27-18-15-12-9-6-3/h8,10-11,13,17,19-21,24,26,46-47,51H,4-7,9,12,14-16,18,22-23,25,27-45H2,1-3H3,(H,55,56)/b11-8-,13-10-,20-17-,21-19-,26-24-. The van der Waals surface area contributed by atoms with Gasteiger partial charge in [0.15, 0.2) is 6.10 Å². The quantitative estimate of drug-likeness (QED) is 0.0197. The van der Waals surface area contributed by atoms with E-state index in [1.54, 1.807) is 0 Å². The summed E-state index contributed by atoms with van der Waals surface area (Å²) in [5.41, 5.74) is 0. The second-order valence-electron chi connectivity index (χ2n) is 15.9. The number of allylic oxidation sites excluding steroid dienone is 10. The summed E-state index contributed by atoms with van der Waals surface area (Å²) in [6, 6.07) is 0. The molecule has 0 fully saturated rings. The van der Waals surface area contributed by atoms with Crippen molar-refractivity contribution < 1.29 is 52.2 Å². The lowest BCUT2D eigenvalue weighted by Gasteiger charge is -2.21. The molecule has 11 nitrogen and oxygen atoms in total. The Kier molecular flexibility index (Phi) is 42.7. The Hall–Kier alpha value is -2.82. The van der Waals surface area contributed by atoms with Gasteiger partial charge in [0.25, 0.3) is 0 Å². The molecule has 3 atom stereocenters. The first-order valence-electron chi connectivity index (χ1n) is 24.2. The van der Waals surface area contributed by atoms with Crippen molar-refractivity contribution in [2.24, 2.45) is 0 Å². The van der Waals surface area contributed by atoms with Crippen molar-refractivity contribution in [3.05, 3.63) is 60.8 Å². The molecule has 62 heavy (non-hydrogen) atoms. The summed E-state index contributed by atoms with van der Waals surface area (Å²) in [7, 11) is -4.74. The Balaban J connectivity index is 4.83. The molecule has 3 unspecified atom stereocenters. The van der Waals surface area contributed by atoms with Gasteiger partial charge in [-0.15, -0.1) is 0 Å². The van der Waals surface area contributed by atoms with Gasteiger partial charge in [-0.1, -0.05) is 165 Å².